The fraction of sp³-hybridized carbons (Fsp3) is 0.571. The zero-order valence-electron chi connectivity index (χ0n) is 6.72. The molecule has 0 aromatic carbocycles. The topological polar surface area (TPSA) is 46.2 Å². The summed E-state index contributed by atoms with van der Waals surface area (Å²) in [5.41, 5.74) is 0. The predicted molar refractivity (Wildman–Crippen MR) is 44.9 cm³/mol. The molecule has 0 heterocycles. The van der Waals surface area contributed by atoms with E-state index in [0.717, 1.165) is 6.42 Å². The first-order valence-corrected chi connectivity index (χ1v) is 5.68. The Morgan fingerprint density at radius 1 is 1.73 bits per heavy atom. The third-order valence-electron chi connectivity index (χ3n) is 1.19. The third-order valence-corrected chi connectivity index (χ3v) is 2.25. The average Bonchev–Trinajstić information content (AvgIpc) is 1.97. The van der Waals surface area contributed by atoms with E-state index in [4.69, 9.17) is 0 Å². The van der Waals surface area contributed by atoms with Crippen molar-refractivity contribution in [3.8, 4) is 0 Å². The van der Waals surface area contributed by atoms with Gasteiger partial charge in [-0.2, -0.15) is 0 Å². The summed E-state index contributed by atoms with van der Waals surface area (Å²) in [6.45, 7) is 5.62. The SMILES string of the molecule is C=CC(=O)NCCC[Si](C)=O. The summed E-state index contributed by atoms with van der Waals surface area (Å²) >= 11 is 0. The molecule has 0 spiro atoms. The van der Waals surface area contributed by atoms with Gasteiger partial charge < -0.3 is 9.78 Å². The van der Waals surface area contributed by atoms with E-state index in [0.29, 0.717) is 12.6 Å². The fourth-order valence-electron chi connectivity index (χ4n) is 0.621. The Labute approximate surface area is 68.2 Å². The van der Waals surface area contributed by atoms with Crippen LogP contribution in [0.3, 0.4) is 0 Å². The van der Waals surface area contributed by atoms with Crippen LogP contribution >= 0.6 is 0 Å². The van der Waals surface area contributed by atoms with Crippen molar-refractivity contribution >= 4 is 14.6 Å². The second-order valence-electron chi connectivity index (χ2n) is 2.30. The van der Waals surface area contributed by atoms with Gasteiger partial charge in [0.2, 0.25) is 5.91 Å². The largest absolute Gasteiger partial charge is 0.389 e. The van der Waals surface area contributed by atoms with Gasteiger partial charge in [-0.1, -0.05) is 6.58 Å². The van der Waals surface area contributed by atoms with Gasteiger partial charge in [0.1, 0.15) is 0 Å². The molecule has 0 saturated carbocycles. The number of carbonyl (C=O) groups is 1. The van der Waals surface area contributed by atoms with E-state index in [1.165, 1.54) is 6.08 Å². The van der Waals surface area contributed by atoms with E-state index in [1.807, 2.05) is 0 Å². The quantitative estimate of drug-likeness (QED) is 0.376. The van der Waals surface area contributed by atoms with E-state index < -0.39 is 8.68 Å². The van der Waals surface area contributed by atoms with Gasteiger partial charge >= 0.3 is 0 Å². The smallest absolute Gasteiger partial charge is 0.273 e. The summed E-state index contributed by atoms with van der Waals surface area (Å²) in [6.07, 6.45) is 2.02. The standard InChI is InChI=1S/C7H13NO2Si/c1-3-7(9)8-5-4-6-11(2)10/h3H,1,4-6H2,2H3,(H,8,9). The van der Waals surface area contributed by atoms with Crippen LogP contribution in [0.2, 0.25) is 12.6 Å². The highest BCUT2D eigenvalue weighted by Crippen LogP contribution is 1.88. The van der Waals surface area contributed by atoms with Crippen molar-refractivity contribution in [3.63, 3.8) is 0 Å². The van der Waals surface area contributed by atoms with Crippen molar-refractivity contribution in [1.29, 1.82) is 0 Å². The molecule has 0 bridgehead atoms. The molecule has 62 valence electrons. The van der Waals surface area contributed by atoms with Gasteiger partial charge in [0, 0.05) is 6.54 Å². The van der Waals surface area contributed by atoms with Crippen LogP contribution < -0.4 is 5.32 Å². The predicted octanol–water partition coefficient (Wildman–Crippen LogP) is 0.730. The van der Waals surface area contributed by atoms with Gasteiger partial charge in [-0.15, -0.1) is 0 Å². The number of rotatable bonds is 5. The Morgan fingerprint density at radius 2 is 2.36 bits per heavy atom. The van der Waals surface area contributed by atoms with Crippen molar-refractivity contribution in [3.05, 3.63) is 12.7 Å². The molecule has 0 rings (SSSR count). The highest BCUT2D eigenvalue weighted by Gasteiger charge is 1.96. The Balaban J connectivity index is 3.21. The number of hydrogen-bond acceptors (Lipinski definition) is 2. The second-order valence-corrected chi connectivity index (χ2v) is 4.20. The van der Waals surface area contributed by atoms with E-state index in [-0.39, 0.29) is 5.91 Å². The summed E-state index contributed by atoms with van der Waals surface area (Å²) in [6, 6.07) is 0.710. The highest BCUT2D eigenvalue weighted by atomic mass is 28.3. The minimum atomic E-state index is -1.37. The molecule has 0 saturated heterocycles. The normalized spacial score (nSPS) is 8.82. The lowest BCUT2D eigenvalue weighted by molar-refractivity contribution is -0.116. The molecule has 0 unspecified atom stereocenters. The Kier molecular flexibility index (Phi) is 5.55. The lowest BCUT2D eigenvalue weighted by Gasteiger charge is -1.98. The number of carbonyl (C=O) groups excluding carboxylic acids is 1. The van der Waals surface area contributed by atoms with E-state index in [2.05, 4.69) is 11.9 Å². The Hall–Kier alpha value is -0.773. The van der Waals surface area contributed by atoms with E-state index in [9.17, 15) is 9.26 Å². The van der Waals surface area contributed by atoms with Gasteiger partial charge in [-0.25, -0.2) is 0 Å². The Bertz CT molecular complexity index is 168. The zero-order valence-corrected chi connectivity index (χ0v) is 7.72. The van der Waals surface area contributed by atoms with Gasteiger partial charge in [-0.3, -0.25) is 4.79 Å². The van der Waals surface area contributed by atoms with Crippen molar-refractivity contribution in [1.82, 2.24) is 5.32 Å². The van der Waals surface area contributed by atoms with Crippen molar-refractivity contribution < 1.29 is 9.26 Å². The lowest BCUT2D eigenvalue weighted by Crippen LogP contribution is -2.22. The van der Waals surface area contributed by atoms with Crippen LogP contribution in [0, 0.1) is 0 Å². The lowest BCUT2D eigenvalue weighted by atomic mass is 10.4. The molecule has 3 nitrogen and oxygen atoms in total. The van der Waals surface area contributed by atoms with Crippen LogP contribution in [0.4, 0.5) is 0 Å². The third kappa shape index (κ3) is 7.12. The first-order valence-electron chi connectivity index (χ1n) is 3.56. The Morgan fingerprint density at radius 3 is 2.82 bits per heavy atom. The molecule has 0 atom stereocenters. The van der Waals surface area contributed by atoms with Crippen LogP contribution in [0.5, 0.6) is 0 Å². The van der Waals surface area contributed by atoms with Crippen molar-refractivity contribution in [2.75, 3.05) is 6.54 Å². The second kappa shape index (κ2) is 5.97. The molecular formula is C7H13NO2Si. The molecule has 11 heavy (non-hydrogen) atoms. The number of nitrogens with one attached hydrogen (secondary N) is 1. The minimum Gasteiger partial charge on any atom is -0.389 e. The molecule has 0 aromatic heterocycles. The molecule has 0 aliphatic heterocycles. The maximum Gasteiger partial charge on any atom is 0.273 e. The first kappa shape index (κ1) is 10.2. The molecule has 0 radical (unpaired) electrons. The van der Waals surface area contributed by atoms with Crippen molar-refractivity contribution in [2.45, 2.75) is 19.0 Å². The summed E-state index contributed by atoms with van der Waals surface area (Å²) in [4.78, 5) is 10.6. The van der Waals surface area contributed by atoms with E-state index >= 15 is 0 Å². The van der Waals surface area contributed by atoms with Crippen molar-refractivity contribution in [2.24, 2.45) is 0 Å². The summed E-state index contributed by atoms with van der Waals surface area (Å²) < 4.78 is 10.6. The number of hydrogen-bond donors (Lipinski definition) is 1. The zero-order chi connectivity index (χ0) is 8.69. The van der Waals surface area contributed by atoms with Gasteiger partial charge in [0.25, 0.3) is 8.68 Å². The van der Waals surface area contributed by atoms with Crippen LogP contribution in [-0.4, -0.2) is 21.1 Å². The van der Waals surface area contributed by atoms with Crippen LogP contribution in [0.25, 0.3) is 0 Å². The average molecular weight is 171 g/mol. The van der Waals surface area contributed by atoms with E-state index in [1.54, 1.807) is 6.55 Å². The molecule has 4 heteroatoms. The molecule has 1 N–H and O–H groups in total. The van der Waals surface area contributed by atoms with Crippen LogP contribution in [-0.2, 0) is 9.26 Å². The minimum absolute atomic E-state index is 0.166. The van der Waals surface area contributed by atoms with Crippen LogP contribution in [0.1, 0.15) is 6.42 Å². The molecule has 0 aliphatic carbocycles. The highest BCUT2D eigenvalue weighted by molar-refractivity contribution is 6.40. The maximum atomic E-state index is 10.6. The molecule has 1 amide bonds. The summed E-state index contributed by atoms with van der Waals surface area (Å²) in [5, 5.41) is 2.61. The molecule has 0 aromatic rings. The first-order chi connectivity index (χ1) is 5.16. The molecule has 0 aliphatic rings. The van der Waals surface area contributed by atoms with Gasteiger partial charge in [0.05, 0.1) is 0 Å². The molecular weight excluding hydrogens is 158 g/mol. The van der Waals surface area contributed by atoms with Gasteiger partial charge in [-0.05, 0) is 25.1 Å². The maximum absolute atomic E-state index is 10.6. The summed E-state index contributed by atoms with van der Waals surface area (Å²) in [5.74, 6) is -0.166. The van der Waals surface area contributed by atoms with Crippen LogP contribution in [0.15, 0.2) is 12.7 Å². The monoisotopic (exact) mass is 171 g/mol. The molecule has 0 fully saturated rings. The number of amides is 1. The summed E-state index contributed by atoms with van der Waals surface area (Å²) in [7, 11) is -1.37. The fourth-order valence-corrected chi connectivity index (χ4v) is 1.30. The van der Waals surface area contributed by atoms with Gasteiger partial charge in [0.15, 0.2) is 0 Å².